The van der Waals surface area contributed by atoms with Gasteiger partial charge in [0.15, 0.2) is 0 Å². The highest BCUT2D eigenvalue weighted by Crippen LogP contribution is 2.41. The first kappa shape index (κ1) is 14.4. The van der Waals surface area contributed by atoms with Crippen molar-refractivity contribution in [2.45, 2.75) is 31.7 Å². The third-order valence-corrected chi connectivity index (χ3v) is 4.06. The van der Waals surface area contributed by atoms with Crippen LogP contribution in [0.4, 0.5) is 0 Å². The van der Waals surface area contributed by atoms with Gasteiger partial charge in [-0.3, -0.25) is 4.79 Å². The smallest absolute Gasteiger partial charge is 0.241 e. The lowest BCUT2D eigenvalue weighted by molar-refractivity contribution is -0.113. The van der Waals surface area contributed by atoms with Gasteiger partial charge in [0.1, 0.15) is 5.82 Å². The molecule has 0 unspecified atom stereocenters. The van der Waals surface area contributed by atoms with Crippen molar-refractivity contribution in [3.8, 4) is 0 Å². The quantitative estimate of drug-likeness (QED) is 0.741. The van der Waals surface area contributed by atoms with Gasteiger partial charge in [-0.1, -0.05) is 12.6 Å². The Morgan fingerprint density at radius 1 is 1.50 bits per heavy atom. The highest BCUT2D eigenvalue weighted by atomic mass is 16.1. The van der Waals surface area contributed by atoms with Crippen LogP contribution in [0.15, 0.2) is 36.6 Å². The number of imidazole rings is 1. The molecule has 114 valence electrons. The predicted molar refractivity (Wildman–Crippen MR) is 87.8 cm³/mol. The summed E-state index contributed by atoms with van der Waals surface area (Å²) < 4.78 is 0. The number of hydrogen-bond acceptors (Lipinski definition) is 3. The molecule has 4 N–H and O–H groups in total. The van der Waals surface area contributed by atoms with Crippen LogP contribution >= 0.6 is 0 Å². The lowest BCUT2D eigenvalue weighted by atomic mass is 9.76. The van der Waals surface area contributed by atoms with E-state index in [0.717, 1.165) is 41.0 Å². The molecule has 0 atom stereocenters. The predicted octanol–water partition coefficient (Wildman–Crippen LogP) is 2.56. The molecule has 1 aromatic carbocycles. The van der Waals surface area contributed by atoms with E-state index < -0.39 is 5.91 Å². The molecule has 3 rings (SSSR count). The Bertz CT molecular complexity index is 768. The maximum Gasteiger partial charge on any atom is 0.241 e. The van der Waals surface area contributed by atoms with Gasteiger partial charge in [-0.05, 0) is 50.0 Å². The Hall–Kier alpha value is -2.56. The number of nitrogens with zero attached hydrogens (tertiary/aromatic N) is 1. The monoisotopic (exact) mass is 296 g/mol. The topological polar surface area (TPSA) is 83.8 Å². The molecule has 22 heavy (non-hydrogen) atoms. The number of H-pyrrole nitrogens is 1. The van der Waals surface area contributed by atoms with Crippen LogP contribution in [0.1, 0.15) is 37.6 Å². The standard InChI is InChI=1S/C17H20N4O/c1-11(2)21-17(8-3-9-17)16-19-13-6-4-12(5-7-15(18)22)10-14(13)20-16/h4-7,10,21H,1,3,8-9H2,2H3,(H2,18,22)(H,19,20)/b7-5+. The highest BCUT2D eigenvalue weighted by molar-refractivity contribution is 5.91. The van der Waals surface area contributed by atoms with E-state index in [1.165, 1.54) is 12.5 Å². The molecule has 1 aliphatic carbocycles. The number of nitrogens with one attached hydrogen (secondary N) is 2. The third kappa shape index (κ3) is 2.62. The minimum Gasteiger partial charge on any atom is -0.377 e. The lowest BCUT2D eigenvalue weighted by Crippen LogP contribution is -2.47. The van der Waals surface area contributed by atoms with Crippen molar-refractivity contribution in [3.63, 3.8) is 0 Å². The number of primary amides is 1. The van der Waals surface area contributed by atoms with Crippen LogP contribution in [-0.4, -0.2) is 15.9 Å². The summed E-state index contributed by atoms with van der Waals surface area (Å²) in [6, 6.07) is 5.84. The summed E-state index contributed by atoms with van der Waals surface area (Å²) in [5.74, 6) is 0.497. The number of benzene rings is 1. The second-order valence-electron chi connectivity index (χ2n) is 5.94. The summed E-state index contributed by atoms with van der Waals surface area (Å²) in [7, 11) is 0. The van der Waals surface area contributed by atoms with Gasteiger partial charge in [-0.25, -0.2) is 4.98 Å². The zero-order chi connectivity index (χ0) is 15.7. The number of aromatic amines is 1. The fourth-order valence-electron chi connectivity index (χ4n) is 2.90. The van der Waals surface area contributed by atoms with Crippen molar-refractivity contribution < 1.29 is 4.79 Å². The van der Waals surface area contributed by atoms with Crippen molar-refractivity contribution in [3.05, 3.63) is 47.9 Å². The van der Waals surface area contributed by atoms with Crippen LogP contribution in [0, 0.1) is 0 Å². The minimum absolute atomic E-state index is 0.117. The average Bonchev–Trinajstić information content (AvgIpc) is 2.83. The van der Waals surface area contributed by atoms with E-state index >= 15 is 0 Å². The van der Waals surface area contributed by atoms with Crippen molar-refractivity contribution >= 4 is 23.0 Å². The molecule has 0 bridgehead atoms. The molecule has 0 radical (unpaired) electrons. The number of nitrogens with two attached hydrogens (primary N) is 1. The number of rotatable bonds is 5. The zero-order valence-electron chi connectivity index (χ0n) is 12.6. The second-order valence-corrected chi connectivity index (χ2v) is 5.94. The van der Waals surface area contributed by atoms with Crippen molar-refractivity contribution in [2.24, 2.45) is 5.73 Å². The van der Waals surface area contributed by atoms with Gasteiger partial charge < -0.3 is 16.0 Å². The Kier molecular flexibility index (Phi) is 3.48. The fraction of sp³-hybridized carbons (Fsp3) is 0.294. The van der Waals surface area contributed by atoms with Crippen LogP contribution in [-0.2, 0) is 10.3 Å². The van der Waals surface area contributed by atoms with E-state index in [0.29, 0.717) is 0 Å². The lowest BCUT2D eigenvalue weighted by Gasteiger charge is -2.41. The number of allylic oxidation sites excluding steroid dienone is 1. The van der Waals surface area contributed by atoms with Crippen molar-refractivity contribution in [2.75, 3.05) is 0 Å². The molecule has 1 aliphatic rings. The van der Waals surface area contributed by atoms with E-state index in [-0.39, 0.29) is 5.54 Å². The Labute approximate surface area is 129 Å². The SMILES string of the molecule is C=C(C)NC1(c2nc3ccc(/C=C/C(N)=O)cc3[nH]2)CCC1. The summed E-state index contributed by atoms with van der Waals surface area (Å²) in [6.45, 7) is 5.92. The van der Waals surface area contributed by atoms with Crippen LogP contribution in [0.2, 0.25) is 0 Å². The van der Waals surface area contributed by atoms with Gasteiger partial charge in [-0.15, -0.1) is 0 Å². The third-order valence-electron chi connectivity index (χ3n) is 4.06. The molecule has 1 saturated carbocycles. The van der Waals surface area contributed by atoms with E-state index in [4.69, 9.17) is 10.7 Å². The molecule has 1 heterocycles. The van der Waals surface area contributed by atoms with Crippen molar-refractivity contribution in [1.29, 1.82) is 0 Å². The molecule has 1 fully saturated rings. The van der Waals surface area contributed by atoms with E-state index in [9.17, 15) is 4.79 Å². The molecule has 0 aliphatic heterocycles. The van der Waals surface area contributed by atoms with Gasteiger partial charge in [0, 0.05) is 11.8 Å². The minimum atomic E-state index is -0.454. The molecule has 5 nitrogen and oxygen atoms in total. The first-order chi connectivity index (χ1) is 10.5. The summed E-state index contributed by atoms with van der Waals surface area (Å²) in [6.07, 6.45) is 6.34. The average molecular weight is 296 g/mol. The number of carbonyl (C=O) groups excluding carboxylic acids is 1. The molecular weight excluding hydrogens is 276 g/mol. The summed E-state index contributed by atoms with van der Waals surface area (Å²) in [4.78, 5) is 18.9. The zero-order valence-corrected chi connectivity index (χ0v) is 12.6. The summed E-state index contributed by atoms with van der Waals surface area (Å²) >= 11 is 0. The van der Waals surface area contributed by atoms with E-state index in [1.54, 1.807) is 6.08 Å². The molecule has 2 aromatic rings. The van der Waals surface area contributed by atoms with Crippen LogP contribution in [0.25, 0.3) is 17.1 Å². The number of aromatic nitrogens is 2. The Balaban J connectivity index is 1.95. The first-order valence-corrected chi connectivity index (χ1v) is 7.40. The number of amides is 1. The van der Waals surface area contributed by atoms with Gasteiger partial charge in [0.05, 0.1) is 16.6 Å². The van der Waals surface area contributed by atoms with Gasteiger partial charge in [0.2, 0.25) is 5.91 Å². The van der Waals surface area contributed by atoms with Gasteiger partial charge >= 0.3 is 0 Å². The highest BCUT2D eigenvalue weighted by Gasteiger charge is 2.41. The summed E-state index contributed by atoms with van der Waals surface area (Å²) in [5, 5.41) is 3.46. The maximum atomic E-state index is 10.8. The summed E-state index contributed by atoms with van der Waals surface area (Å²) in [5.41, 5.74) is 8.74. The fourth-order valence-corrected chi connectivity index (χ4v) is 2.90. The number of fused-ring (bicyclic) bond motifs is 1. The molecule has 0 saturated heterocycles. The Morgan fingerprint density at radius 3 is 2.86 bits per heavy atom. The van der Waals surface area contributed by atoms with E-state index in [1.807, 2.05) is 25.1 Å². The largest absolute Gasteiger partial charge is 0.377 e. The van der Waals surface area contributed by atoms with Gasteiger partial charge in [-0.2, -0.15) is 0 Å². The van der Waals surface area contributed by atoms with Crippen LogP contribution < -0.4 is 11.1 Å². The maximum absolute atomic E-state index is 10.8. The molecular formula is C17H20N4O. The van der Waals surface area contributed by atoms with Crippen LogP contribution in [0.3, 0.4) is 0 Å². The van der Waals surface area contributed by atoms with Gasteiger partial charge in [0.25, 0.3) is 0 Å². The molecule has 5 heteroatoms. The van der Waals surface area contributed by atoms with Crippen LogP contribution in [0.5, 0.6) is 0 Å². The van der Waals surface area contributed by atoms with Crippen molar-refractivity contribution in [1.82, 2.24) is 15.3 Å². The number of carbonyl (C=O) groups is 1. The number of hydrogen-bond donors (Lipinski definition) is 3. The van der Waals surface area contributed by atoms with E-state index in [2.05, 4.69) is 16.9 Å². The normalized spacial score (nSPS) is 16.6. The molecule has 1 amide bonds. The molecule has 1 aromatic heterocycles. The molecule has 0 spiro atoms. The second kappa shape index (κ2) is 5.33. The first-order valence-electron chi connectivity index (χ1n) is 7.40. The Morgan fingerprint density at radius 2 is 2.27 bits per heavy atom.